The first-order chi connectivity index (χ1) is 10.0. The van der Waals surface area contributed by atoms with Crippen molar-refractivity contribution in [3.05, 3.63) is 29.3 Å². The van der Waals surface area contributed by atoms with Gasteiger partial charge in [0.15, 0.2) is 5.11 Å². The van der Waals surface area contributed by atoms with Crippen molar-refractivity contribution in [2.24, 2.45) is 0 Å². The Hall–Kier alpha value is -2.07. The molecule has 22 heavy (non-hydrogen) atoms. The maximum atomic E-state index is 13.1. The van der Waals surface area contributed by atoms with E-state index in [4.69, 9.17) is 18.6 Å². The number of benzene rings is 1. The summed E-state index contributed by atoms with van der Waals surface area (Å²) >= 11 is 5.18. The van der Waals surface area contributed by atoms with Crippen molar-refractivity contribution >= 4 is 28.9 Å². The maximum absolute atomic E-state index is 13.1. The van der Waals surface area contributed by atoms with Crippen LogP contribution in [0, 0.1) is 12.3 Å². The number of anilines is 1. The number of carbonyl (C=O) groups excluding carboxylic acids is 1. The summed E-state index contributed by atoms with van der Waals surface area (Å²) in [5.74, 6) is 1.61. The molecule has 1 aromatic carbocycles. The zero-order valence-electron chi connectivity index (χ0n) is 12.2. The number of terminal acetylenes is 1. The number of thiocarbonyl (C=S) groups is 1. The second-order valence-electron chi connectivity index (χ2n) is 5.41. The van der Waals surface area contributed by atoms with Gasteiger partial charge in [0, 0.05) is 12.6 Å². The molecular weight excluding hydrogens is 313 g/mol. The summed E-state index contributed by atoms with van der Waals surface area (Å²) in [6.45, 7) is 3.31. The maximum Gasteiger partial charge on any atom is 0.417 e. The highest BCUT2D eigenvalue weighted by Gasteiger charge is 2.48. The van der Waals surface area contributed by atoms with Crippen LogP contribution >= 0.6 is 12.2 Å². The molecule has 1 aliphatic heterocycles. The molecule has 2 rings (SSSR count). The molecule has 1 fully saturated rings. The molecule has 1 aromatic rings. The van der Waals surface area contributed by atoms with Gasteiger partial charge in [0.2, 0.25) is 0 Å². The topological polar surface area (TPSA) is 23.6 Å². The Bertz CT molecular complexity index is 704. The summed E-state index contributed by atoms with van der Waals surface area (Å²) in [7, 11) is 1.63. The zero-order valence-corrected chi connectivity index (χ0v) is 13.0. The molecule has 0 unspecified atom stereocenters. The molecule has 1 aliphatic rings. The van der Waals surface area contributed by atoms with Gasteiger partial charge in [-0.3, -0.25) is 9.69 Å². The average molecular weight is 326 g/mol. The molecule has 116 valence electrons. The first kappa shape index (κ1) is 16.3. The highest BCUT2D eigenvalue weighted by atomic mass is 32.1. The summed E-state index contributed by atoms with van der Waals surface area (Å²) in [5, 5.41) is 0.150. The number of rotatable bonds is 1. The predicted molar refractivity (Wildman–Crippen MR) is 81.3 cm³/mol. The smallest absolute Gasteiger partial charge is 0.337 e. The van der Waals surface area contributed by atoms with Crippen LogP contribution in [0.25, 0.3) is 0 Å². The van der Waals surface area contributed by atoms with Gasteiger partial charge in [0.25, 0.3) is 5.91 Å². The Morgan fingerprint density at radius 2 is 1.91 bits per heavy atom. The highest BCUT2D eigenvalue weighted by Crippen LogP contribution is 2.37. The van der Waals surface area contributed by atoms with Crippen LogP contribution in [0.5, 0.6) is 0 Å². The van der Waals surface area contributed by atoms with E-state index in [0.717, 1.165) is 11.0 Å². The van der Waals surface area contributed by atoms with Crippen molar-refractivity contribution < 1.29 is 18.0 Å². The molecule has 0 spiro atoms. The van der Waals surface area contributed by atoms with Crippen LogP contribution < -0.4 is 4.90 Å². The van der Waals surface area contributed by atoms with Gasteiger partial charge in [-0.25, -0.2) is 0 Å². The second kappa shape index (κ2) is 4.99. The van der Waals surface area contributed by atoms with E-state index in [9.17, 15) is 18.0 Å². The van der Waals surface area contributed by atoms with Crippen molar-refractivity contribution in [1.82, 2.24) is 4.90 Å². The summed E-state index contributed by atoms with van der Waals surface area (Å²) in [4.78, 5) is 15.1. The number of alkyl halides is 3. The Morgan fingerprint density at radius 1 is 1.32 bits per heavy atom. The lowest BCUT2D eigenvalue weighted by molar-refractivity contribution is -0.137. The summed E-state index contributed by atoms with van der Waals surface area (Å²) < 4.78 is 39.2. The Morgan fingerprint density at radius 3 is 2.32 bits per heavy atom. The summed E-state index contributed by atoms with van der Waals surface area (Å²) in [5.41, 5.74) is -2.10. The van der Waals surface area contributed by atoms with Crippen molar-refractivity contribution in [3.8, 4) is 12.3 Å². The van der Waals surface area contributed by atoms with Gasteiger partial charge in [0.1, 0.15) is 5.54 Å². The van der Waals surface area contributed by atoms with Gasteiger partial charge >= 0.3 is 6.18 Å². The van der Waals surface area contributed by atoms with E-state index in [1.54, 1.807) is 25.8 Å². The first-order valence-corrected chi connectivity index (χ1v) is 6.73. The molecule has 0 N–H and O–H groups in total. The third kappa shape index (κ3) is 2.33. The fourth-order valence-electron chi connectivity index (χ4n) is 2.15. The van der Waals surface area contributed by atoms with Crippen LogP contribution in [0.2, 0.25) is 0 Å². The predicted octanol–water partition coefficient (Wildman–Crippen LogP) is 3.03. The van der Waals surface area contributed by atoms with E-state index in [1.165, 1.54) is 12.1 Å². The van der Waals surface area contributed by atoms with Gasteiger partial charge in [-0.1, -0.05) is 5.92 Å². The second-order valence-corrected chi connectivity index (χ2v) is 5.78. The molecule has 0 radical (unpaired) electrons. The Kier molecular flexibility index (Phi) is 3.70. The van der Waals surface area contributed by atoms with E-state index in [1.807, 2.05) is 5.92 Å². The van der Waals surface area contributed by atoms with Crippen LogP contribution in [0.15, 0.2) is 18.2 Å². The molecule has 1 amide bonds. The molecular formula is C15H13F3N2OS. The summed E-state index contributed by atoms with van der Waals surface area (Å²) in [6, 6.07) is 3.39. The number of amides is 1. The van der Waals surface area contributed by atoms with Crippen LogP contribution in [0.4, 0.5) is 18.9 Å². The number of nitrogens with zero attached hydrogens (tertiary/aromatic N) is 2. The van der Waals surface area contributed by atoms with Gasteiger partial charge in [-0.2, -0.15) is 13.2 Å². The molecule has 0 saturated carbocycles. The normalized spacial score (nSPS) is 17.9. The van der Waals surface area contributed by atoms with E-state index < -0.39 is 17.3 Å². The number of hydrogen-bond acceptors (Lipinski definition) is 2. The lowest BCUT2D eigenvalue weighted by Crippen LogP contribution is -2.41. The molecule has 0 aromatic heterocycles. The number of halogens is 3. The zero-order chi connectivity index (χ0) is 16.9. The van der Waals surface area contributed by atoms with E-state index >= 15 is 0 Å². The van der Waals surface area contributed by atoms with Crippen molar-refractivity contribution in [2.75, 3.05) is 11.9 Å². The van der Waals surface area contributed by atoms with E-state index in [0.29, 0.717) is 0 Å². The van der Waals surface area contributed by atoms with Crippen LogP contribution in [0.3, 0.4) is 0 Å². The van der Waals surface area contributed by atoms with Crippen molar-refractivity contribution in [2.45, 2.75) is 25.6 Å². The van der Waals surface area contributed by atoms with Gasteiger partial charge in [0.05, 0.1) is 11.3 Å². The largest absolute Gasteiger partial charge is 0.417 e. The van der Waals surface area contributed by atoms with E-state index in [-0.39, 0.29) is 22.3 Å². The first-order valence-electron chi connectivity index (χ1n) is 6.32. The molecule has 1 heterocycles. The third-order valence-corrected chi connectivity index (χ3v) is 4.22. The minimum Gasteiger partial charge on any atom is -0.337 e. The monoisotopic (exact) mass is 326 g/mol. The molecule has 0 bridgehead atoms. The Labute approximate surface area is 131 Å². The molecule has 7 heteroatoms. The minimum atomic E-state index is -4.61. The number of hydrogen-bond donors (Lipinski definition) is 0. The van der Waals surface area contributed by atoms with E-state index in [2.05, 4.69) is 0 Å². The molecule has 0 aliphatic carbocycles. The molecule has 1 saturated heterocycles. The molecule has 0 atom stereocenters. The Balaban J connectivity index is 2.58. The van der Waals surface area contributed by atoms with Crippen LogP contribution in [-0.2, 0) is 11.0 Å². The van der Waals surface area contributed by atoms with Gasteiger partial charge < -0.3 is 4.90 Å². The van der Waals surface area contributed by atoms with Crippen LogP contribution in [-0.4, -0.2) is 28.5 Å². The standard InChI is InChI=1S/C15H13F3N2OS/c1-5-9-6-7-10(8-11(9)15(16,17)18)20-12(21)14(2,3)19(4)13(20)22/h1,6-8H,2-4H3. The molecule has 3 nitrogen and oxygen atoms in total. The third-order valence-electron chi connectivity index (χ3n) is 3.77. The SMILES string of the molecule is C#Cc1ccc(N2C(=O)C(C)(C)N(C)C2=S)cc1C(F)(F)F. The number of carbonyl (C=O) groups is 1. The number of likely N-dealkylation sites (N-methyl/N-ethyl adjacent to an activating group) is 1. The van der Waals surface area contributed by atoms with Gasteiger partial charge in [-0.05, 0) is 44.3 Å². The lowest BCUT2D eigenvalue weighted by atomic mass is 10.0. The fraction of sp³-hybridized carbons (Fsp3) is 0.333. The quantitative estimate of drug-likeness (QED) is 0.585. The van der Waals surface area contributed by atoms with Crippen molar-refractivity contribution in [3.63, 3.8) is 0 Å². The average Bonchev–Trinajstić information content (AvgIpc) is 2.58. The van der Waals surface area contributed by atoms with Crippen molar-refractivity contribution in [1.29, 1.82) is 0 Å². The van der Waals surface area contributed by atoms with Gasteiger partial charge in [-0.15, -0.1) is 6.42 Å². The fourth-order valence-corrected chi connectivity index (χ4v) is 2.57. The lowest BCUT2D eigenvalue weighted by Gasteiger charge is -2.24. The van der Waals surface area contributed by atoms with Crippen LogP contribution in [0.1, 0.15) is 25.0 Å². The minimum absolute atomic E-state index is 0.0544. The summed E-state index contributed by atoms with van der Waals surface area (Å²) in [6.07, 6.45) is 0.498. The highest BCUT2D eigenvalue weighted by molar-refractivity contribution is 7.80.